The van der Waals surface area contributed by atoms with E-state index in [9.17, 15) is 0 Å². The second-order valence-corrected chi connectivity index (χ2v) is 8.49. The lowest BCUT2D eigenvalue weighted by Crippen LogP contribution is -1.93. The van der Waals surface area contributed by atoms with Crippen molar-refractivity contribution in [3.8, 4) is 11.1 Å². The normalized spacial score (nSPS) is 12.0. The Morgan fingerprint density at radius 2 is 1.00 bits per heavy atom. The number of benzene rings is 4. The Labute approximate surface area is 182 Å². The Morgan fingerprint density at radius 1 is 0.516 bits per heavy atom. The van der Waals surface area contributed by atoms with E-state index in [2.05, 4.69) is 109 Å². The molecular formula is C29H26N2. The molecule has 0 bridgehead atoms. The number of para-hydroxylation sites is 1. The molecule has 2 aromatic heterocycles. The molecule has 0 aliphatic heterocycles. The summed E-state index contributed by atoms with van der Waals surface area (Å²) >= 11 is 0. The van der Waals surface area contributed by atoms with Gasteiger partial charge in [0.25, 0.3) is 0 Å². The second kappa shape index (κ2) is 6.75. The first-order valence-corrected chi connectivity index (χ1v) is 11.2. The largest absolute Gasteiger partial charge is 0.341 e. The highest BCUT2D eigenvalue weighted by Gasteiger charge is 2.13. The molecule has 0 fully saturated rings. The zero-order valence-electron chi connectivity index (χ0n) is 18.3. The fraction of sp³-hybridized carbons (Fsp3) is 0.172. The van der Waals surface area contributed by atoms with E-state index >= 15 is 0 Å². The van der Waals surface area contributed by atoms with Crippen molar-refractivity contribution < 1.29 is 0 Å². The van der Waals surface area contributed by atoms with Crippen LogP contribution in [0.1, 0.15) is 19.4 Å². The standard InChI is InChI=1S/C29H26N2/c1-4-30-26-9-7-6-8-22(26)24-17-20(11-14-28(24)30)21-12-15-29-25(18-21)23-16-19(3)10-13-27(23)31(29)5-2/h6-18H,4-5H2,1-3H3. The quantitative estimate of drug-likeness (QED) is 0.284. The van der Waals surface area contributed by atoms with Crippen molar-refractivity contribution in [3.05, 3.63) is 84.4 Å². The number of hydrogen-bond acceptors (Lipinski definition) is 0. The molecule has 2 nitrogen and oxygen atoms in total. The van der Waals surface area contributed by atoms with Gasteiger partial charge in [-0.1, -0.05) is 42.0 Å². The van der Waals surface area contributed by atoms with Crippen LogP contribution in [0.2, 0.25) is 0 Å². The van der Waals surface area contributed by atoms with Crippen LogP contribution in [0.15, 0.2) is 78.9 Å². The molecule has 6 aromatic rings. The van der Waals surface area contributed by atoms with Crippen molar-refractivity contribution in [2.45, 2.75) is 33.9 Å². The highest BCUT2D eigenvalue weighted by molar-refractivity contribution is 6.11. The summed E-state index contributed by atoms with van der Waals surface area (Å²) < 4.78 is 4.83. The second-order valence-electron chi connectivity index (χ2n) is 8.49. The molecule has 0 N–H and O–H groups in total. The minimum absolute atomic E-state index is 0.977. The van der Waals surface area contributed by atoms with E-state index in [0.717, 1.165) is 13.1 Å². The van der Waals surface area contributed by atoms with Gasteiger partial charge in [0.15, 0.2) is 0 Å². The number of fused-ring (bicyclic) bond motifs is 6. The summed E-state index contributed by atoms with van der Waals surface area (Å²) in [6.45, 7) is 8.58. The summed E-state index contributed by atoms with van der Waals surface area (Å²) in [4.78, 5) is 0. The maximum absolute atomic E-state index is 2.42. The molecule has 31 heavy (non-hydrogen) atoms. The molecule has 0 aliphatic carbocycles. The molecule has 4 aromatic carbocycles. The van der Waals surface area contributed by atoms with E-state index in [-0.39, 0.29) is 0 Å². The Balaban J connectivity index is 1.62. The number of aryl methyl sites for hydroxylation is 3. The molecule has 0 unspecified atom stereocenters. The Bertz CT molecular complexity index is 1610. The smallest absolute Gasteiger partial charge is 0.0491 e. The van der Waals surface area contributed by atoms with Gasteiger partial charge in [-0.15, -0.1) is 0 Å². The number of rotatable bonds is 3. The molecule has 0 spiro atoms. The van der Waals surface area contributed by atoms with Crippen LogP contribution >= 0.6 is 0 Å². The van der Waals surface area contributed by atoms with Crippen LogP contribution in [-0.2, 0) is 13.1 Å². The lowest BCUT2D eigenvalue weighted by atomic mass is 10.0. The zero-order valence-corrected chi connectivity index (χ0v) is 18.3. The Kier molecular flexibility index (Phi) is 3.97. The van der Waals surface area contributed by atoms with Gasteiger partial charge in [0.2, 0.25) is 0 Å². The van der Waals surface area contributed by atoms with Crippen LogP contribution in [0.25, 0.3) is 54.7 Å². The van der Waals surface area contributed by atoms with Gasteiger partial charge in [0, 0.05) is 56.7 Å². The van der Waals surface area contributed by atoms with Crippen molar-refractivity contribution >= 4 is 43.6 Å². The average Bonchev–Trinajstić information content (AvgIpc) is 3.29. The van der Waals surface area contributed by atoms with Crippen molar-refractivity contribution in [1.29, 1.82) is 0 Å². The van der Waals surface area contributed by atoms with E-state index in [1.807, 2.05) is 0 Å². The van der Waals surface area contributed by atoms with E-state index in [1.165, 1.54) is 60.3 Å². The van der Waals surface area contributed by atoms with E-state index in [1.54, 1.807) is 0 Å². The summed E-state index contributed by atoms with van der Waals surface area (Å²) in [5.41, 5.74) is 9.12. The van der Waals surface area contributed by atoms with E-state index < -0.39 is 0 Å². The number of aromatic nitrogens is 2. The molecule has 0 aliphatic rings. The third-order valence-electron chi connectivity index (χ3n) is 6.76. The van der Waals surface area contributed by atoms with Crippen molar-refractivity contribution in [2.24, 2.45) is 0 Å². The van der Waals surface area contributed by atoms with Gasteiger partial charge >= 0.3 is 0 Å². The molecule has 2 heterocycles. The van der Waals surface area contributed by atoms with Gasteiger partial charge in [0.05, 0.1) is 0 Å². The third kappa shape index (κ3) is 2.58. The maximum atomic E-state index is 2.42. The fourth-order valence-corrected chi connectivity index (χ4v) is 5.31. The SMILES string of the molecule is CCn1c2ccccc2c2cc(-c3ccc4c(c3)c3cc(C)ccc3n4CC)ccc21. The van der Waals surface area contributed by atoms with Crippen LogP contribution in [-0.4, -0.2) is 9.13 Å². The molecule has 0 saturated heterocycles. The first-order valence-electron chi connectivity index (χ1n) is 11.2. The van der Waals surface area contributed by atoms with Gasteiger partial charge in [0.1, 0.15) is 0 Å². The highest BCUT2D eigenvalue weighted by Crippen LogP contribution is 2.36. The van der Waals surface area contributed by atoms with Crippen LogP contribution in [0, 0.1) is 6.92 Å². The molecule has 0 saturated carbocycles. The first kappa shape index (κ1) is 18.3. The first-order chi connectivity index (χ1) is 15.2. The van der Waals surface area contributed by atoms with E-state index in [4.69, 9.17) is 0 Å². The van der Waals surface area contributed by atoms with E-state index in [0.29, 0.717) is 0 Å². The summed E-state index contributed by atoms with van der Waals surface area (Å²) in [5, 5.41) is 5.36. The monoisotopic (exact) mass is 402 g/mol. The topological polar surface area (TPSA) is 9.86 Å². The van der Waals surface area contributed by atoms with Crippen LogP contribution < -0.4 is 0 Å². The van der Waals surface area contributed by atoms with Gasteiger partial charge < -0.3 is 9.13 Å². The lowest BCUT2D eigenvalue weighted by Gasteiger charge is -2.06. The summed E-state index contributed by atoms with van der Waals surface area (Å²) in [5.74, 6) is 0. The lowest BCUT2D eigenvalue weighted by molar-refractivity contribution is 0.827. The minimum atomic E-state index is 0.977. The molecule has 0 atom stereocenters. The summed E-state index contributed by atoms with van der Waals surface area (Å²) in [6, 6.07) is 29.4. The molecule has 2 heteroatoms. The average molecular weight is 403 g/mol. The third-order valence-corrected chi connectivity index (χ3v) is 6.76. The van der Waals surface area contributed by atoms with Crippen LogP contribution in [0.5, 0.6) is 0 Å². The summed E-state index contributed by atoms with van der Waals surface area (Å²) in [7, 11) is 0. The van der Waals surface area contributed by atoms with Gasteiger partial charge in [-0.3, -0.25) is 0 Å². The van der Waals surface area contributed by atoms with Gasteiger partial charge in [-0.05, 0) is 74.4 Å². The van der Waals surface area contributed by atoms with Crippen molar-refractivity contribution in [2.75, 3.05) is 0 Å². The Morgan fingerprint density at radius 3 is 1.61 bits per heavy atom. The van der Waals surface area contributed by atoms with Crippen LogP contribution in [0.3, 0.4) is 0 Å². The maximum Gasteiger partial charge on any atom is 0.0491 e. The van der Waals surface area contributed by atoms with Crippen molar-refractivity contribution in [3.63, 3.8) is 0 Å². The van der Waals surface area contributed by atoms with Crippen LogP contribution in [0.4, 0.5) is 0 Å². The number of hydrogen-bond donors (Lipinski definition) is 0. The highest BCUT2D eigenvalue weighted by atomic mass is 15.0. The predicted octanol–water partition coefficient (Wildman–Crippen LogP) is 7.92. The molecule has 0 amide bonds. The minimum Gasteiger partial charge on any atom is -0.341 e. The van der Waals surface area contributed by atoms with Crippen molar-refractivity contribution in [1.82, 2.24) is 9.13 Å². The molecule has 0 radical (unpaired) electrons. The molecular weight excluding hydrogens is 376 g/mol. The van der Waals surface area contributed by atoms with Gasteiger partial charge in [-0.25, -0.2) is 0 Å². The predicted molar refractivity (Wildman–Crippen MR) is 134 cm³/mol. The van der Waals surface area contributed by atoms with Gasteiger partial charge in [-0.2, -0.15) is 0 Å². The number of nitrogens with zero attached hydrogens (tertiary/aromatic N) is 2. The molecule has 6 rings (SSSR count). The fourth-order valence-electron chi connectivity index (χ4n) is 5.31. The summed E-state index contributed by atoms with van der Waals surface area (Å²) in [6.07, 6.45) is 0. The zero-order chi connectivity index (χ0) is 21.1. The molecule has 152 valence electrons. The Hall–Kier alpha value is -3.52.